The lowest BCUT2D eigenvalue weighted by atomic mass is 10.4. The molecule has 2 aromatic heterocycles. The summed E-state index contributed by atoms with van der Waals surface area (Å²) in [6.45, 7) is 1.97. The van der Waals surface area contributed by atoms with E-state index in [-0.39, 0.29) is 0 Å². The molecule has 88 valence electrons. The van der Waals surface area contributed by atoms with Gasteiger partial charge in [-0.15, -0.1) is 11.3 Å². The fourth-order valence-electron chi connectivity index (χ4n) is 1.58. The van der Waals surface area contributed by atoms with Crippen LogP contribution >= 0.6 is 23.6 Å². The van der Waals surface area contributed by atoms with Crippen molar-refractivity contribution < 1.29 is 0 Å². The molecular weight excluding hydrogens is 254 g/mol. The largest absolute Gasteiger partial charge is 0.250 e. The van der Waals surface area contributed by atoms with Crippen LogP contribution in [0.2, 0.25) is 0 Å². The van der Waals surface area contributed by atoms with Gasteiger partial charge in [0, 0.05) is 11.3 Å². The molecule has 1 fully saturated rings. The van der Waals surface area contributed by atoms with Crippen LogP contribution < -0.4 is 0 Å². The molecule has 5 nitrogen and oxygen atoms in total. The molecule has 7 heteroatoms. The van der Waals surface area contributed by atoms with Crippen LogP contribution in [0.25, 0.3) is 0 Å². The SMILES string of the molecule is Cc1nc(/C=N\n2c(C3CC3)n[nH]c2=S)cs1. The van der Waals surface area contributed by atoms with Gasteiger partial charge < -0.3 is 0 Å². The third-order valence-corrected chi connectivity index (χ3v) is 3.62. The minimum Gasteiger partial charge on any atom is -0.250 e. The third kappa shape index (κ3) is 2.20. The van der Waals surface area contributed by atoms with E-state index in [2.05, 4.69) is 20.3 Å². The maximum Gasteiger partial charge on any atom is 0.216 e. The van der Waals surface area contributed by atoms with E-state index in [0.29, 0.717) is 10.7 Å². The van der Waals surface area contributed by atoms with Gasteiger partial charge in [0.1, 0.15) is 0 Å². The number of hydrogen-bond acceptors (Lipinski definition) is 5. The quantitative estimate of drug-likeness (QED) is 0.685. The standard InChI is InChI=1S/C10H11N5S2/c1-6-12-8(5-17-6)4-11-15-9(7-2-3-7)13-14-10(15)16/h4-5,7H,2-3H2,1H3,(H,14,16)/b11-4-. The lowest BCUT2D eigenvalue weighted by Crippen LogP contribution is -1.97. The monoisotopic (exact) mass is 265 g/mol. The molecule has 0 aromatic carbocycles. The number of nitrogens with zero attached hydrogens (tertiary/aromatic N) is 4. The van der Waals surface area contributed by atoms with Crippen molar-refractivity contribution in [3.8, 4) is 0 Å². The highest BCUT2D eigenvalue weighted by Crippen LogP contribution is 2.38. The summed E-state index contributed by atoms with van der Waals surface area (Å²) >= 11 is 6.76. The Hall–Kier alpha value is -1.34. The molecule has 1 N–H and O–H groups in total. The molecule has 0 saturated heterocycles. The Bertz CT molecular complexity index is 617. The summed E-state index contributed by atoms with van der Waals surface area (Å²) in [6, 6.07) is 0. The predicted octanol–water partition coefficient (Wildman–Crippen LogP) is 2.47. The predicted molar refractivity (Wildman–Crippen MR) is 69.2 cm³/mol. The van der Waals surface area contributed by atoms with Crippen LogP contribution in [-0.4, -0.2) is 26.1 Å². The first-order valence-corrected chi connectivity index (χ1v) is 6.66. The van der Waals surface area contributed by atoms with Crippen molar-refractivity contribution >= 4 is 29.8 Å². The van der Waals surface area contributed by atoms with Crippen LogP contribution in [0, 0.1) is 11.7 Å². The van der Waals surface area contributed by atoms with Gasteiger partial charge in [-0.3, -0.25) is 5.10 Å². The Morgan fingerprint density at radius 1 is 1.65 bits per heavy atom. The van der Waals surface area contributed by atoms with Crippen LogP contribution in [0.3, 0.4) is 0 Å². The summed E-state index contributed by atoms with van der Waals surface area (Å²) in [5, 5.41) is 14.3. The Kier molecular flexibility index (Phi) is 2.64. The number of hydrogen-bond donors (Lipinski definition) is 1. The van der Waals surface area contributed by atoms with E-state index in [1.54, 1.807) is 22.2 Å². The number of aryl methyl sites for hydroxylation is 1. The zero-order chi connectivity index (χ0) is 11.8. The number of nitrogens with one attached hydrogen (secondary N) is 1. The van der Waals surface area contributed by atoms with Crippen LogP contribution in [-0.2, 0) is 0 Å². The lowest BCUT2D eigenvalue weighted by molar-refractivity contribution is 0.772. The molecule has 0 amide bonds. The Morgan fingerprint density at radius 3 is 3.12 bits per heavy atom. The molecular formula is C10H11N5S2. The van der Waals surface area contributed by atoms with Gasteiger partial charge in [-0.2, -0.15) is 14.9 Å². The summed E-state index contributed by atoms with van der Waals surface area (Å²) in [5.74, 6) is 1.44. The molecule has 0 spiro atoms. The van der Waals surface area contributed by atoms with Crippen molar-refractivity contribution in [1.82, 2.24) is 19.9 Å². The molecule has 1 aliphatic rings. The fourth-order valence-corrected chi connectivity index (χ4v) is 2.33. The molecule has 1 saturated carbocycles. The molecule has 2 aromatic rings. The van der Waals surface area contributed by atoms with Gasteiger partial charge >= 0.3 is 0 Å². The topological polar surface area (TPSA) is 58.9 Å². The number of H-pyrrole nitrogens is 1. The number of rotatable bonds is 3. The van der Waals surface area contributed by atoms with Crippen molar-refractivity contribution in [1.29, 1.82) is 0 Å². The first kappa shape index (κ1) is 10.8. The van der Waals surface area contributed by atoms with E-state index >= 15 is 0 Å². The van der Waals surface area contributed by atoms with Crippen LogP contribution in [0.1, 0.15) is 35.3 Å². The van der Waals surface area contributed by atoms with Crippen LogP contribution in [0.5, 0.6) is 0 Å². The van der Waals surface area contributed by atoms with Gasteiger partial charge in [0.2, 0.25) is 4.77 Å². The van der Waals surface area contributed by atoms with Crippen LogP contribution in [0.15, 0.2) is 10.5 Å². The van der Waals surface area contributed by atoms with E-state index in [1.165, 1.54) is 12.8 Å². The van der Waals surface area contributed by atoms with Crippen molar-refractivity contribution in [2.75, 3.05) is 0 Å². The van der Waals surface area contributed by atoms with Crippen molar-refractivity contribution in [3.05, 3.63) is 26.7 Å². The number of thiazole rings is 1. The number of aromatic amines is 1. The molecule has 0 aliphatic heterocycles. The number of aromatic nitrogens is 4. The molecule has 3 rings (SSSR count). The van der Waals surface area contributed by atoms with E-state index < -0.39 is 0 Å². The third-order valence-electron chi connectivity index (χ3n) is 2.56. The zero-order valence-electron chi connectivity index (χ0n) is 9.25. The molecule has 0 atom stereocenters. The fraction of sp³-hybridized carbons (Fsp3) is 0.400. The summed E-state index contributed by atoms with van der Waals surface area (Å²) < 4.78 is 2.23. The van der Waals surface area contributed by atoms with E-state index in [9.17, 15) is 0 Å². The van der Waals surface area contributed by atoms with Crippen molar-refractivity contribution in [2.45, 2.75) is 25.7 Å². The van der Waals surface area contributed by atoms with Gasteiger partial charge in [-0.1, -0.05) is 0 Å². The maximum absolute atomic E-state index is 5.15. The van der Waals surface area contributed by atoms with Crippen molar-refractivity contribution in [2.24, 2.45) is 5.10 Å². The second-order valence-corrected chi connectivity index (χ2v) is 5.46. The highest BCUT2D eigenvalue weighted by atomic mass is 32.1. The van der Waals surface area contributed by atoms with Gasteiger partial charge in [-0.25, -0.2) is 4.98 Å². The molecule has 0 radical (unpaired) electrons. The highest BCUT2D eigenvalue weighted by molar-refractivity contribution is 7.71. The van der Waals surface area contributed by atoms with Gasteiger partial charge in [0.25, 0.3) is 0 Å². The molecule has 17 heavy (non-hydrogen) atoms. The maximum atomic E-state index is 5.15. The molecule has 0 bridgehead atoms. The Balaban J connectivity index is 1.91. The zero-order valence-corrected chi connectivity index (χ0v) is 10.9. The lowest BCUT2D eigenvalue weighted by Gasteiger charge is -1.96. The normalized spacial score (nSPS) is 15.8. The van der Waals surface area contributed by atoms with E-state index in [1.807, 2.05) is 12.3 Å². The Morgan fingerprint density at radius 2 is 2.47 bits per heavy atom. The minimum atomic E-state index is 0.511. The molecule has 1 aliphatic carbocycles. The first-order valence-electron chi connectivity index (χ1n) is 5.38. The highest BCUT2D eigenvalue weighted by Gasteiger charge is 2.29. The van der Waals surface area contributed by atoms with Crippen LogP contribution in [0.4, 0.5) is 0 Å². The average Bonchev–Trinajstić information content (AvgIpc) is 2.97. The average molecular weight is 265 g/mol. The summed E-state index contributed by atoms with van der Waals surface area (Å²) in [7, 11) is 0. The van der Waals surface area contributed by atoms with Gasteiger partial charge in [0.05, 0.1) is 16.9 Å². The second-order valence-electron chi connectivity index (χ2n) is 4.01. The van der Waals surface area contributed by atoms with E-state index in [0.717, 1.165) is 16.5 Å². The molecule has 2 heterocycles. The van der Waals surface area contributed by atoms with Gasteiger partial charge in [0.15, 0.2) is 5.82 Å². The van der Waals surface area contributed by atoms with Crippen molar-refractivity contribution in [3.63, 3.8) is 0 Å². The van der Waals surface area contributed by atoms with Gasteiger partial charge in [-0.05, 0) is 32.0 Å². The Labute approximate surface area is 107 Å². The first-order chi connectivity index (χ1) is 8.24. The summed E-state index contributed by atoms with van der Waals surface area (Å²) in [5.41, 5.74) is 0.859. The second kappa shape index (κ2) is 4.15. The summed E-state index contributed by atoms with van der Waals surface area (Å²) in [4.78, 5) is 4.32. The van der Waals surface area contributed by atoms with E-state index in [4.69, 9.17) is 12.2 Å². The minimum absolute atomic E-state index is 0.511. The molecule has 0 unspecified atom stereocenters. The summed E-state index contributed by atoms with van der Waals surface area (Å²) in [6.07, 6.45) is 4.07. The smallest absolute Gasteiger partial charge is 0.216 e.